The molecule has 2 heteroatoms. The van der Waals surface area contributed by atoms with E-state index in [4.69, 9.17) is 5.73 Å². The van der Waals surface area contributed by atoms with Gasteiger partial charge in [0.05, 0.1) is 0 Å². The molecule has 0 saturated heterocycles. The predicted octanol–water partition coefficient (Wildman–Crippen LogP) is 3.55. The topological polar surface area (TPSA) is 29.3 Å². The van der Waals surface area contributed by atoms with Gasteiger partial charge < -0.3 is 5.73 Å². The Balaban J connectivity index is 1.78. The van der Waals surface area contributed by atoms with Crippen LogP contribution in [0.1, 0.15) is 50.2 Å². The van der Waals surface area contributed by atoms with Crippen molar-refractivity contribution in [2.75, 3.05) is 5.73 Å². The summed E-state index contributed by atoms with van der Waals surface area (Å²) < 4.78 is 0. The molecule has 98 valence electrons. The number of nitrogens with two attached hydrogens (primary N) is 1. The first-order valence-electron chi connectivity index (χ1n) is 7.36. The first-order valence-corrected chi connectivity index (χ1v) is 7.36. The van der Waals surface area contributed by atoms with Gasteiger partial charge in [-0.25, -0.2) is 0 Å². The molecule has 1 aliphatic heterocycles. The highest BCUT2D eigenvalue weighted by atomic mass is 15.2. The minimum atomic E-state index is 0.763. The van der Waals surface area contributed by atoms with Gasteiger partial charge in [-0.3, -0.25) is 4.90 Å². The van der Waals surface area contributed by atoms with Crippen molar-refractivity contribution in [2.45, 2.75) is 58.2 Å². The quantitative estimate of drug-likeness (QED) is 0.604. The fourth-order valence-corrected chi connectivity index (χ4v) is 3.72. The summed E-state index contributed by atoms with van der Waals surface area (Å²) in [6.45, 7) is 4.61. The van der Waals surface area contributed by atoms with Gasteiger partial charge in [-0.15, -0.1) is 0 Å². The Bertz CT molecular complexity index is 427. The van der Waals surface area contributed by atoms with Gasteiger partial charge in [-0.05, 0) is 36.0 Å². The second-order valence-corrected chi connectivity index (χ2v) is 6.07. The molecule has 1 aromatic rings. The lowest BCUT2D eigenvalue weighted by atomic mass is 9.95. The lowest BCUT2D eigenvalue weighted by Gasteiger charge is -2.31. The molecule has 2 N–H and O–H groups in total. The number of benzene rings is 1. The van der Waals surface area contributed by atoms with Gasteiger partial charge in [0.15, 0.2) is 0 Å². The molecule has 1 aromatic carbocycles. The van der Waals surface area contributed by atoms with Crippen LogP contribution in [0, 0.1) is 5.92 Å². The molecular formula is C16H24N2. The Hall–Kier alpha value is -1.02. The van der Waals surface area contributed by atoms with E-state index in [1.54, 1.807) is 0 Å². The molecule has 1 aliphatic carbocycles. The van der Waals surface area contributed by atoms with Gasteiger partial charge >= 0.3 is 0 Å². The van der Waals surface area contributed by atoms with Crippen LogP contribution in [0.3, 0.4) is 0 Å². The minimum absolute atomic E-state index is 0.763. The van der Waals surface area contributed by atoms with Crippen molar-refractivity contribution in [3.05, 3.63) is 29.3 Å². The van der Waals surface area contributed by atoms with Gasteiger partial charge in [-0.1, -0.05) is 38.3 Å². The maximum Gasteiger partial charge on any atom is 0.0363 e. The summed E-state index contributed by atoms with van der Waals surface area (Å²) in [5, 5.41) is 0. The van der Waals surface area contributed by atoms with E-state index >= 15 is 0 Å². The highest BCUT2D eigenvalue weighted by molar-refractivity contribution is 5.52. The Kier molecular flexibility index (Phi) is 3.29. The van der Waals surface area contributed by atoms with Gasteiger partial charge in [0.2, 0.25) is 0 Å². The van der Waals surface area contributed by atoms with Crippen LogP contribution in [-0.2, 0) is 13.1 Å². The van der Waals surface area contributed by atoms with Gasteiger partial charge in [-0.2, -0.15) is 0 Å². The van der Waals surface area contributed by atoms with Crippen LogP contribution >= 0.6 is 0 Å². The fraction of sp³-hybridized carbons (Fsp3) is 0.625. The summed E-state index contributed by atoms with van der Waals surface area (Å²) in [6.07, 6.45) is 7.00. The van der Waals surface area contributed by atoms with Gasteiger partial charge in [0.1, 0.15) is 0 Å². The molecule has 0 radical (unpaired) electrons. The maximum absolute atomic E-state index is 6.10. The van der Waals surface area contributed by atoms with Crippen molar-refractivity contribution >= 4 is 5.69 Å². The van der Waals surface area contributed by atoms with Crippen LogP contribution < -0.4 is 5.73 Å². The van der Waals surface area contributed by atoms with E-state index in [9.17, 15) is 0 Å². The molecule has 1 fully saturated rings. The Labute approximate surface area is 110 Å². The van der Waals surface area contributed by atoms with Crippen molar-refractivity contribution in [3.63, 3.8) is 0 Å². The van der Waals surface area contributed by atoms with Crippen LogP contribution in [-0.4, -0.2) is 10.9 Å². The Morgan fingerprint density at radius 1 is 1.11 bits per heavy atom. The SMILES string of the molecule is CC1CCCCCC1N1Cc2cccc(N)c2C1. The van der Waals surface area contributed by atoms with E-state index in [0.717, 1.165) is 30.7 Å². The van der Waals surface area contributed by atoms with Crippen LogP contribution in [0.2, 0.25) is 0 Å². The maximum atomic E-state index is 6.10. The number of fused-ring (bicyclic) bond motifs is 1. The Morgan fingerprint density at radius 2 is 1.94 bits per heavy atom. The van der Waals surface area contributed by atoms with E-state index in [0.29, 0.717) is 0 Å². The van der Waals surface area contributed by atoms with Crippen molar-refractivity contribution in [3.8, 4) is 0 Å². The molecule has 2 unspecified atom stereocenters. The molecule has 0 amide bonds. The molecule has 18 heavy (non-hydrogen) atoms. The van der Waals surface area contributed by atoms with E-state index in [1.807, 2.05) is 6.07 Å². The number of nitrogens with zero attached hydrogens (tertiary/aromatic N) is 1. The summed E-state index contributed by atoms with van der Waals surface area (Å²) >= 11 is 0. The number of hydrogen-bond donors (Lipinski definition) is 1. The fourth-order valence-electron chi connectivity index (χ4n) is 3.72. The molecular weight excluding hydrogens is 220 g/mol. The zero-order valence-corrected chi connectivity index (χ0v) is 11.4. The monoisotopic (exact) mass is 244 g/mol. The number of hydrogen-bond acceptors (Lipinski definition) is 2. The lowest BCUT2D eigenvalue weighted by Crippen LogP contribution is -2.35. The largest absolute Gasteiger partial charge is 0.398 e. The summed E-state index contributed by atoms with van der Waals surface area (Å²) in [7, 11) is 0. The third kappa shape index (κ3) is 2.14. The molecule has 1 saturated carbocycles. The van der Waals surface area contributed by atoms with Crippen molar-refractivity contribution in [1.29, 1.82) is 0 Å². The first-order chi connectivity index (χ1) is 8.75. The van der Waals surface area contributed by atoms with E-state index < -0.39 is 0 Å². The first kappa shape index (κ1) is 12.0. The summed E-state index contributed by atoms with van der Waals surface area (Å²) in [6, 6.07) is 7.14. The van der Waals surface area contributed by atoms with E-state index in [1.165, 1.54) is 43.2 Å². The van der Waals surface area contributed by atoms with Crippen LogP contribution in [0.25, 0.3) is 0 Å². The standard InChI is InChI=1S/C16H24N2/c1-12-6-3-2-4-9-16(12)18-10-13-7-5-8-15(17)14(13)11-18/h5,7-8,12,16H,2-4,6,9-11,17H2,1H3. The van der Waals surface area contributed by atoms with Gasteiger partial charge in [0.25, 0.3) is 0 Å². The van der Waals surface area contributed by atoms with E-state index in [-0.39, 0.29) is 0 Å². The summed E-state index contributed by atoms with van der Waals surface area (Å²) in [4.78, 5) is 2.66. The molecule has 0 spiro atoms. The number of rotatable bonds is 1. The highest BCUT2D eigenvalue weighted by Gasteiger charge is 2.30. The molecule has 1 heterocycles. The summed E-state index contributed by atoms with van der Waals surface area (Å²) in [5.41, 5.74) is 9.92. The molecule has 2 nitrogen and oxygen atoms in total. The van der Waals surface area contributed by atoms with Crippen molar-refractivity contribution in [2.24, 2.45) is 5.92 Å². The van der Waals surface area contributed by atoms with E-state index in [2.05, 4.69) is 24.0 Å². The van der Waals surface area contributed by atoms with Crippen molar-refractivity contribution < 1.29 is 0 Å². The molecule has 2 atom stereocenters. The zero-order valence-electron chi connectivity index (χ0n) is 11.4. The average Bonchev–Trinajstić information content (AvgIpc) is 2.67. The number of anilines is 1. The zero-order chi connectivity index (χ0) is 12.5. The molecule has 0 bridgehead atoms. The summed E-state index contributed by atoms with van der Waals surface area (Å²) in [5.74, 6) is 0.836. The molecule has 3 rings (SSSR count). The second-order valence-electron chi connectivity index (χ2n) is 6.07. The van der Waals surface area contributed by atoms with Crippen LogP contribution in [0.15, 0.2) is 18.2 Å². The van der Waals surface area contributed by atoms with Gasteiger partial charge in [0, 0.05) is 24.8 Å². The predicted molar refractivity (Wildman–Crippen MR) is 76.1 cm³/mol. The molecule has 0 aromatic heterocycles. The second kappa shape index (κ2) is 4.93. The molecule has 2 aliphatic rings. The van der Waals surface area contributed by atoms with Crippen molar-refractivity contribution in [1.82, 2.24) is 4.90 Å². The van der Waals surface area contributed by atoms with Crippen LogP contribution in [0.5, 0.6) is 0 Å². The number of nitrogen functional groups attached to an aromatic ring is 1. The van der Waals surface area contributed by atoms with Crippen LogP contribution in [0.4, 0.5) is 5.69 Å². The normalized spacial score (nSPS) is 28.9. The Morgan fingerprint density at radius 3 is 2.78 bits per heavy atom. The average molecular weight is 244 g/mol. The smallest absolute Gasteiger partial charge is 0.0363 e. The third-order valence-electron chi connectivity index (χ3n) is 4.83. The third-order valence-corrected chi connectivity index (χ3v) is 4.83. The highest BCUT2D eigenvalue weighted by Crippen LogP contribution is 2.34. The lowest BCUT2D eigenvalue weighted by molar-refractivity contribution is 0.140. The minimum Gasteiger partial charge on any atom is -0.398 e.